The van der Waals surface area contributed by atoms with Crippen molar-refractivity contribution in [3.63, 3.8) is 0 Å². The lowest BCUT2D eigenvalue weighted by atomic mass is 9.92. The second-order valence-corrected chi connectivity index (χ2v) is 6.57. The van der Waals surface area contributed by atoms with Gasteiger partial charge >= 0.3 is 5.97 Å². The summed E-state index contributed by atoms with van der Waals surface area (Å²) >= 11 is 0. The molecule has 0 aliphatic carbocycles. The Bertz CT molecular complexity index is 563. The molecular weight excluding hydrogens is 282 g/mol. The van der Waals surface area contributed by atoms with Crippen LogP contribution in [0.15, 0.2) is 12.1 Å². The van der Waals surface area contributed by atoms with Gasteiger partial charge in [0.1, 0.15) is 11.6 Å². The van der Waals surface area contributed by atoms with Crippen LogP contribution < -0.4 is 9.47 Å². The molecule has 1 aliphatic rings. The van der Waals surface area contributed by atoms with Crippen LogP contribution in [0, 0.1) is 0 Å². The van der Waals surface area contributed by atoms with Gasteiger partial charge < -0.3 is 14.2 Å². The quantitative estimate of drug-likeness (QED) is 0.803. The van der Waals surface area contributed by atoms with E-state index in [0.717, 1.165) is 24.1 Å². The molecule has 1 aliphatic heterocycles. The van der Waals surface area contributed by atoms with Crippen molar-refractivity contribution in [1.82, 2.24) is 4.90 Å². The van der Waals surface area contributed by atoms with E-state index in [-0.39, 0.29) is 5.97 Å². The van der Waals surface area contributed by atoms with Gasteiger partial charge in [-0.2, -0.15) is 0 Å². The van der Waals surface area contributed by atoms with Gasteiger partial charge in [0.25, 0.3) is 0 Å². The molecule has 0 radical (unpaired) electrons. The largest absolute Gasteiger partial charge is 0.493 e. The Morgan fingerprint density at radius 3 is 2.32 bits per heavy atom. The zero-order valence-corrected chi connectivity index (χ0v) is 14.2. The Balaban J connectivity index is 2.43. The van der Waals surface area contributed by atoms with Crippen LogP contribution in [0.25, 0.3) is 0 Å². The Kier molecular flexibility index (Phi) is 4.66. The highest BCUT2D eigenvalue weighted by molar-refractivity contribution is 5.79. The van der Waals surface area contributed by atoms with Gasteiger partial charge in [-0.15, -0.1) is 0 Å². The average Bonchev–Trinajstić information content (AvgIpc) is 2.43. The van der Waals surface area contributed by atoms with Crippen molar-refractivity contribution in [1.29, 1.82) is 0 Å². The Morgan fingerprint density at radius 1 is 1.18 bits per heavy atom. The molecule has 0 bridgehead atoms. The van der Waals surface area contributed by atoms with Gasteiger partial charge in [-0.25, -0.2) is 4.79 Å². The first-order valence-corrected chi connectivity index (χ1v) is 7.44. The van der Waals surface area contributed by atoms with E-state index in [1.54, 1.807) is 14.2 Å². The van der Waals surface area contributed by atoms with E-state index in [1.165, 1.54) is 0 Å². The van der Waals surface area contributed by atoms with Crippen molar-refractivity contribution in [2.24, 2.45) is 0 Å². The summed E-state index contributed by atoms with van der Waals surface area (Å²) < 4.78 is 16.3. The van der Waals surface area contributed by atoms with Gasteiger partial charge in [0.2, 0.25) is 0 Å². The molecule has 1 atom stereocenters. The fourth-order valence-electron chi connectivity index (χ4n) is 2.74. The molecule has 1 heterocycles. The van der Waals surface area contributed by atoms with Crippen LogP contribution >= 0.6 is 0 Å². The van der Waals surface area contributed by atoms with Crippen molar-refractivity contribution in [2.45, 2.75) is 38.8 Å². The van der Waals surface area contributed by atoms with Crippen LogP contribution in [0.2, 0.25) is 0 Å². The second kappa shape index (κ2) is 6.16. The van der Waals surface area contributed by atoms with Gasteiger partial charge in [-0.05, 0) is 57.5 Å². The molecule has 0 amide bonds. The van der Waals surface area contributed by atoms with Gasteiger partial charge in [-0.3, -0.25) is 4.90 Å². The normalized spacial score (nSPS) is 18.5. The van der Waals surface area contributed by atoms with Crippen molar-refractivity contribution < 1.29 is 19.0 Å². The summed E-state index contributed by atoms with van der Waals surface area (Å²) in [6.45, 7) is 6.43. The second-order valence-electron chi connectivity index (χ2n) is 6.57. The predicted molar refractivity (Wildman–Crippen MR) is 84.5 cm³/mol. The number of fused-ring (bicyclic) bond motifs is 1. The number of nitrogens with zero attached hydrogens (tertiary/aromatic N) is 1. The number of carbonyl (C=O) groups is 1. The van der Waals surface area contributed by atoms with Crippen molar-refractivity contribution >= 4 is 5.97 Å². The summed E-state index contributed by atoms with van der Waals surface area (Å²) in [6.07, 6.45) is 0.867. The van der Waals surface area contributed by atoms with E-state index in [0.29, 0.717) is 11.5 Å². The molecule has 5 heteroatoms. The summed E-state index contributed by atoms with van der Waals surface area (Å²) in [5, 5.41) is 0. The SMILES string of the molecule is COc1cc2c(cc1OC)C(C(=O)OC(C)(C)C)N(C)CC2. The number of methoxy groups -OCH3 is 2. The summed E-state index contributed by atoms with van der Waals surface area (Å²) in [7, 11) is 5.15. The first-order valence-electron chi connectivity index (χ1n) is 7.44. The molecule has 2 rings (SSSR count). The third-order valence-electron chi connectivity index (χ3n) is 3.74. The number of hydrogen-bond donors (Lipinski definition) is 0. The molecule has 1 aromatic carbocycles. The van der Waals surface area contributed by atoms with Crippen LogP contribution in [0.1, 0.15) is 37.9 Å². The minimum Gasteiger partial charge on any atom is -0.493 e. The Hall–Kier alpha value is -1.75. The van der Waals surface area contributed by atoms with E-state index in [2.05, 4.69) is 0 Å². The number of ether oxygens (including phenoxy) is 3. The van der Waals surface area contributed by atoms with E-state index in [1.807, 2.05) is 44.9 Å². The predicted octanol–water partition coefficient (Wildman–Crippen LogP) is 2.57. The molecule has 0 aromatic heterocycles. The molecule has 0 fully saturated rings. The van der Waals surface area contributed by atoms with Gasteiger partial charge in [-0.1, -0.05) is 0 Å². The van der Waals surface area contributed by atoms with Crippen molar-refractivity contribution in [2.75, 3.05) is 27.8 Å². The van der Waals surface area contributed by atoms with Crippen LogP contribution in [0.4, 0.5) is 0 Å². The third kappa shape index (κ3) is 3.35. The van der Waals surface area contributed by atoms with Crippen LogP contribution in [0.3, 0.4) is 0 Å². The van der Waals surface area contributed by atoms with Crippen LogP contribution in [-0.4, -0.2) is 44.3 Å². The molecule has 5 nitrogen and oxygen atoms in total. The zero-order valence-electron chi connectivity index (χ0n) is 14.2. The monoisotopic (exact) mass is 307 g/mol. The average molecular weight is 307 g/mol. The third-order valence-corrected chi connectivity index (χ3v) is 3.74. The highest BCUT2D eigenvalue weighted by Gasteiger charge is 2.35. The molecule has 1 unspecified atom stereocenters. The van der Waals surface area contributed by atoms with E-state index >= 15 is 0 Å². The molecular formula is C17H25NO4. The standard InChI is InChI=1S/C17H25NO4/c1-17(2,3)22-16(19)15-12-10-14(21-6)13(20-5)9-11(12)7-8-18(15)4/h9-10,15H,7-8H2,1-6H3. The number of esters is 1. The fourth-order valence-corrected chi connectivity index (χ4v) is 2.74. The smallest absolute Gasteiger partial charge is 0.328 e. The summed E-state index contributed by atoms with van der Waals surface area (Å²) in [4.78, 5) is 14.6. The molecule has 0 saturated heterocycles. The maximum Gasteiger partial charge on any atom is 0.328 e. The maximum atomic E-state index is 12.6. The first-order chi connectivity index (χ1) is 10.3. The topological polar surface area (TPSA) is 48.0 Å². The van der Waals surface area contributed by atoms with E-state index in [9.17, 15) is 4.79 Å². The van der Waals surface area contributed by atoms with E-state index in [4.69, 9.17) is 14.2 Å². The number of benzene rings is 1. The fraction of sp³-hybridized carbons (Fsp3) is 0.588. The molecule has 0 spiro atoms. The number of carbonyl (C=O) groups excluding carboxylic acids is 1. The molecule has 1 aromatic rings. The number of rotatable bonds is 3. The first kappa shape index (κ1) is 16.6. The Morgan fingerprint density at radius 2 is 1.77 bits per heavy atom. The van der Waals surface area contributed by atoms with Crippen LogP contribution in [0.5, 0.6) is 11.5 Å². The van der Waals surface area contributed by atoms with Gasteiger partial charge in [0.05, 0.1) is 14.2 Å². The molecule has 0 saturated carbocycles. The highest BCUT2D eigenvalue weighted by Crippen LogP contribution is 2.38. The lowest BCUT2D eigenvalue weighted by Crippen LogP contribution is -2.40. The van der Waals surface area contributed by atoms with E-state index < -0.39 is 11.6 Å². The highest BCUT2D eigenvalue weighted by atomic mass is 16.6. The molecule has 22 heavy (non-hydrogen) atoms. The number of likely N-dealkylation sites (N-methyl/N-ethyl adjacent to an activating group) is 1. The summed E-state index contributed by atoms with van der Waals surface area (Å²) in [5.74, 6) is 1.09. The molecule has 0 N–H and O–H groups in total. The lowest BCUT2D eigenvalue weighted by Gasteiger charge is -2.35. The Labute approximate surface area is 132 Å². The summed E-state index contributed by atoms with van der Waals surface area (Å²) in [5.41, 5.74) is 1.53. The summed E-state index contributed by atoms with van der Waals surface area (Å²) in [6, 6.07) is 3.43. The molecule has 122 valence electrons. The minimum atomic E-state index is -0.508. The van der Waals surface area contributed by atoms with Crippen molar-refractivity contribution in [3.8, 4) is 11.5 Å². The lowest BCUT2D eigenvalue weighted by molar-refractivity contribution is -0.161. The number of hydrogen-bond acceptors (Lipinski definition) is 5. The zero-order chi connectivity index (χ0) is 16.5. The van der Waals surface area contributed by atoms with Crippen LogP contribution in [-0.2, 0) is 16.0 Å². The maximum absolute atomic E-state index is 12.6. The van der Waals surface area contributed by atoms with Gasteiger partial charge in [0, 0.05) is 6.54 Å². The minimum absolute atomic E-state index is 0.233. The van der Waals surface area contributed by atoms with Gasteiger partial charge in [0.15, 0.2) is 11.5 Å². The van der Waals surface area contributed by atoms with Crippen molar-refractivity contribution in [3.05, 3.63) is 23.3 Å².